The van der Waals surface area contributed by atoms with Crippen LogP contribution in [0.3, 0.4) is 0 Å². The van der Waals surface area contributed by atoms with Crippen molar-refractivity contribution in [1.82, 2.24) is 20.3 Å². The Hall–Kier alpha value is -1.70. The first kappa shape index (κ1) is 14.7. The topological polar surface area (TPSA) is 111 Å². The summed E-state index contributed by atoms with van der Waals surface area (Å²) in [5, 5.41) is 22.9. The van der Waals surface area contributed by atoms with Gasteiger partial charge in [0.1, 0.15) is 17.9 Å². The first-order valence-corrected chi connectivity index (χ1v) is 6.46. The molecule has 2 heterocycles. The lowest BCUT2D eigenvalue weighted by molar-refractivity contribution is -0.119. The van der Waals surface area contributed by atoms with E-state index in [0.717, 1.165) is 0 Å². The molecule has 0 fully saturated rings. The zero-order valence-corrected chi connectivity index (χ0v) is 11.6. The van der Waals surface area contributed by atoms with Crippen molar-refractivity contribution >= 4 is 28.5 Å². The third-order valence-electron chi connectivity index (χ3n) is 2.94. The lowest BCUT2D eigenvalue weighted by atomic mass is 10.0. The third-order valence-corrected chi connectivity index (χ3v) is 3.23. The Balaban J connectivity index is 2.12. The zero-order valence-electron chi connectivity index (χ0n) is 10.8. The average molecular weight is 299 g/mol. The quantitative estimate of drug-likeness (QED) is 0.602. The summed E-state index contributed by atoms with van der Waals surface area (Å²) in [7, 11) is 0. The highest BCUT2D eigenvalue weighted by Crippen LogP contribution is 2.28. The van der Waals surface area contributed by atoms with Crippen LogP contribution in [0.25, 0.3) is 11.0 Å². The summed E-state index contributed by atoms with van der Waals surface area (Å²) in [5.74, 6) is -0.182. The van der Waals surface area contributed by atoms with Crippen LogP contribution in [-0.2, 0) is 4.79 Å². The van der Waals surface area contributed by atoms with Crippen molar-refractivity contribution in [3.05, 3.63) is 23.2 Å². The van der Waals surface area contributed by atoms with Gasteiger partial charge < -0.3 is 20.5 Å². The number of rotatable bonds is 5. The number of H-pyrrole nitrogens is 1. The number of hydrogen-bond donors (Lipinski definition) is 4. The maximum atomic E-state index is 10.7. The summed E-state index contributed by atoms with van der Waals surface area (Å²) >= 11 is 5.90. The molecule has 0 spiro atoms. The number of aromatic amines is 1. The summed E-state index contributed by atoms with van der Waals surface area (Å²) in [6, 6.07) is 0. The van der Waals surface area contributed by atoms with Gasteiger partial charge in [-0.2, -0.15) is 0 Å². The first-order chi connectivity index (χ1) is 9.50. The number of aliphatic hydroxyl groups excluding tert-OH is 2. The van der Waals surface area contributed by atoms with Gasteiger partial charge >= 0.3 is 0 Å². The predicted octanol–water partition coefficient (Wildman–Crippen LogP) is 0.532. The van der Waals surface area contributed by atoms with Crippen LogP contribution in [-0.4, -0.2) is 43.7 Å². The van der Waals surface area contributed by atoms with Crippen LogP contribution in [0.2, 0.25) is 5.15 Å². The van der Waals surface area contributed by atoms with Crippen LogP contribution < -0.4 is 5.32 Å². The van der Waals surface area contributed by atoms with E-state index in [1.165, 1.54) is 19.4 Å². The number of amides is 1. The minimum atomic E-state index is -1.12. The smallest absolute Gasteiger partial charge is 0.216 e. The molecule has 20 heavy (non-hydrogen) atoms. The molecular formula is C12H15ClN4O3. The molecule has 2 atom stereocenters. The Labute approximate surface area is 120 Å². The van der Waals surface area contributed by atoms with Crippen LogP contribution in [0.4, 0.5) is 0 Å². The number of aliphatic hydroxyl groups is 2. The maximum Gasteiger partial charge on any atom is 0.216 e. The van der Waals surface area contributed by atoms with E-state index in [1.54, 1.807) is 0 Å². The van der Waals surface area contributed by atoms with Crippen molar-refractivity contribution in [2.45, 2.75) is 25.6 Å². The molecule has 4 N–H and O–H groups in total. The lowest BCUT2D eigenvalue weighted by Gasteiger charge is -2.17. The molecule has 0 bridgehead atoms. The summed E-state index contributed by atoms with van der Waals surface area (Å²) in [6.45, 7) is 1.67. The molecule has 0 aliphatic heterocycles. The van der Waals surface area contributed by atoms with E-state index in [2.05, 4.69) is 20.3 Å². The second-order valence-electron chi connectivity index (χ2n) is 4.42. The van der Waals surface area contributed by atoms with Gasteiger partial charge in [-0.1, -0.05) is 11.6 Å². The molecule has 7 nitrogen and oxygen atoms in total. The molecule has 0 aliphatic rings. The zero-order chi connectivity index (χ0) is 14.7. The molecule has 2 rings (SSSR count). The molecule has 2 aromatic heterocycles. The highest BCUT2D eigenvalue weighted by atomic mass is 35.5. The molecule has 0 aromatic carbocycles. The summed E-state index contributed by atoms with van der Waals surface area (Å²) in [6.07, 6.45) is 0.917. The maximum absolute atomic E-state index is 10.7. The standard InChI is InChI=1S/C12H15ClN4O3/c1-6(18)14-3-2-8(19)11(20)7-4-15-10-9(7)16-5-17-12(10)13/h4-5,8,11,15,19-20H,2-3H2,1H3,(H,14,18). The molecule has 0 saturated heterocycles. The van der Waals surface area contributed by atoms with Crippen molar-refractivity contribution in [3.63, 3.8) is 0 Å². The molecule has 1 amide bonds. The third kappa shape index (κ3) is 3.06. The summed E-state index contributed by atoms with van der Waals surface area (Å²) < 4.78 is 0. The molecule has 2 unspecified atom stereocenters. The van der Waals surface area contributed by atoms with Crippen LogP contribution in [0, 0.1) is 0 Å². The normalized spacial score (nSPS) is 14.2. The van der Waals surface area contributed by atoms with E-state index >= 15 is 0 Å². The van der Waals surface area contributed by atoms with Crippen LogP contribution >= 0.6 is 11.6 Å². The Bertz CT molecular complexity index is 616. The number of nitrogens with zero attached hydrogens (tertiary/aromatic N) is 2. The van der Waals surface area contributed by atoms with E-state index in [4.69, 9.17) is 11.6 Å². The fourth-order valence-corrected chi connectivity index (χ4v) is 2.10. The fraction of sp³-hybridized carbons (Fsp3) is 0.417. The number of aromatic nitrogens is 3. The van der Waals surface area contributed by atoms with E-state index in [1.807, 2.05) is 0 Å². The molecule has 108 valence electrons. The lowest BCUT2D eigenvalue weighted by Crippen LogP contribution is -2.27. The number of nitrogens with one attached hydrogen (secondary N) is 2. The number of fused-ring (bicyclic) bond motifs is 1. The minimum Gasteiger partial charge on any atom is -0.390 e. The van der Waals surface area contributed by atoms with Crippen LogP contribution in [0.15, 0.2) is 12.5 Å². The van der Waals surface area contributed by atoms with Crippen molar-refractivity contribution in [3.8, 4) is 0 Å². The van der Waals surface area contributed by atoms with Gasteiger partial charge in [0.05, 0.1) is 11.6 Å². The highest BCUT2D eigenvalue weighted by Gasteiger charge is 2.22. The highest BCUT2D eigenvalue weighted by molar-refractivity contribution is 6.33. The largest absolute Gasteiger partial charge is 0.390 e. The predicted molar refractivity (Wildman–Crippen MR) is 73.2 cm³/mol. The second-order valence-corrected chi connectivity index (χ2v) is 4.77. The molecule has 0 radical (unpaired) electrons. The Kier molecular flexibility index (Phi) is 4.53. The van der Waals surface area contributed by atoms with Gasteiger partial charge in [-0.15, -0.1) is 0 Å². The van der Waals surface area contributed by atoms with Crippen molar-refractivity contribution in [2.75, 3.05) is 6.54 Å². The first-order valence-electron chi connectivity index (χ1n) is 6.08. The number of carbonyl (C=O) groups excluding carboxylic acids is 1. The van der Waals surface area contributed by atoms with E-state index < -0.39 is 12.2 Å². The molecule has 0 aliphatic carbocycles. The Morgan fingerprint density at radius 3 is 2.95 bits per heavy atom. The van der Waals surface area contributed by atoms with Gasteiger partial charge in [0.2, 0.25) is 5.91 Å². The molecule has 8 heteroatoms. The van der Waals surface area contributed by atoms with E-state index in [0.29, 0.717) is 16.6 Å². The van der Waals surface area contributed by atoms with E-state index in [9.17, 15) is 15.0 Å². The van der Waals surface area contributed by atoms with Crippen LogP contribution in [0.1, 0.15) is 25.0 Å². The summed E-state index contributed by atoms with van der Waals surface area (Å²) in [4.78, 5) is 21.5. The minimum absolute atomic E-state index is 0.182. The van der Waals surface area contributed by atoms with Gasteiger partial charge in [0.15, 0.2) is 5.15 Å². The average Bonchev–Trinajstić information content (AvgIpc) is 2.82. The van der Waals surface area contributed by atoms with Gasteiger partial charge in [-0.3, -0.25) is 4.79 Å². The number of hydrogen-bond acceptors (Lipinski definition) is 5. The Morgan fingerprint density at radius 2 is 2.25 bits per heavy atom. The van der Waals surface area contributed by atoms with Crippen molar-refractivity contribution < 1.29 is 15.0 Å². The van der Waals surface area contributed by atoms with Gasteiger partial charge in [-0.25, -0.2) is 9.97 Å². The fourth-order valence-electron chi connectivity index (χ4n) is 1.92. The SMILES string of the molecule is CC(=O)NCCC(O)C(O)c1c[nH]c2c(Cl)ncnc12. The number of halogens is 1. The Morgan fingerprint density at radius 1 is 1.50 bits per heavy atom. The van der Waals surface area contributed by atoms with Crippen LogP contribution in [0.5, 0.6) is 0 Å². The molecule has 0 saturated carbocycles. The van der Waals surface area contributed by atoms with E-state index in [-0.39, 0.29) is 24.0 Å². The van der Waals surface area contributed by atoms with Gasteiger partial charge in [0, 0.05) is 25.2 Å². The monoisotopic (exact) mass is 298 g/mol. The van der Waals surface area contributed by atoms with Crippen molar-refractivity contribution in [2.24, 2.45) is 0 Å². The summed E-state index contributed by atoms with van der Waals surface area (Å²) in [5.41, 5.74) is 1.42. The number of carbonyl (C=O) groups is 1. The van der Waals surface area contributed by atoms with Crippen molar-refractivity contribution in [1.29, 1.82) is 0 Å². The van der Waals surface area contributed by atoms with Gasteiger partial charge in [-0.05, 0) is 6.42 Å². The second kappa shape index (κ2) is 6.17. The molecular weight excluding hydrogens is 284 g/mol. The van der Waals surface area contributed by atoms with Gasteiger partial charge in [0.25, 0.3) is 0 Å². The molecule has 2 aromatic rings.